The van der Waals surface area contributed by atoms with E-state index in [-0.39, 0.29) is 19.6 Å². The molecule has 0 fully saturated rings. The summed E-state index contributed by atoms with van der Waals surface area (Å²) in [5, 5.41) is 0. The Morgan fingerprint density at radius 3 is 2.50 bits per heavy atom. The van der Waals surface area contributed by atoms with Gasteiger partial charge in [-0.05, 0) is 31.9 Å². The van der Waals surface area contributed by atoms with Crippen LogP contribution in [-0.4, -0.2) is 31.6 Å². The second kappa shape index (κ2) is 7.61. The van der Waals surface area contributed by atoms with Gasteiger partial charge in [0.05, 0.1) is 6.61 Å². The van der Waals surface area contributed by atoms with E-state index in [2.05, 4.69) is 0 Å². The van der Waals surface area contributed by atoms with Crippen LogP contribution < -0.4 is 4.74 Å². The van der Waals surface area contributed by atoms with E-state index in [1.165, 1.54) is 0 Å². The zero-order valence-electron chi connectivity index (χ0n) is 12.1. The minimum absolute atomic E-state index is 0.109. The van der Waals surface area contributed by atoms with Crippen LogP contribution in [0.4, 0.5) is 0 Å². The van der Waals surface area contributed by atoms with Gasteiger partial charge in [0.2, 0.25) is 0 Å². The Kier molecular flexibility index (Phi) is 6.45. The molecule has 20 heavy (non-hydrogen) atoms. The van der Waals surface area contributed by atoms with Crippen molar-refractivity contribution in [2.75, 3.05) is 13.2 Å². The van der Waals surface area contributed by atoms with Gasteiger partial charge in [0.15, 0.2) is 5.44 Å². The van der Waals surface area contributed by atoms with Gasteiger partial charge in [-0.25, -0.2) is 0 Å². The lowest BCUT2D eigenvalue weighted by Gasteiger charge is -2.15. The van der Waals surface area contributed by atoms with E-state index < -0.39 is 15.6 Å². The lowest BCUT2D eigenvalue weighted by Crippen LogP contribution is -2.26. The average molecular weight is 302 g/mol. The first-order chi connectivity index (χ1) is 9.34. The highest BCUT2D eigenvalue weighted by Crippen LogP contribution is 2.18. The van der Waals surface area contributed by atoms with Crippen LogP contribution in [-0.2, 0) is 14.9 Å². The fourth-order valence-electron chi connectivity index (χ4n) is 1.85. The second-order valence-corrected chi connectivity index (χ2v) is 6.28. The van der Waals surface area contributed by atoms with Crippen molar-refractivity contribution in [1.29, 1.82) is 0 Å². The van der Waals surface area contributed by atoms with Crippen LogP contribution >= 0.6 is 0 Å². The van der Waals surface area contributed by atoms with Gasteiger partial charge < -0.3 is 9.47 Å². The van der Waals surface area contributed by atoms with E-state index >= 15 is 0 Å². The molecule has 1 atom stereocenters. The maximum absolute atomic E-state index is 11.1. The Morgan fingerprint density at radius 1 is 1.25 bits per heavy atom. The topological polar surface area (TPSA) is 72.8 Å². The normalized spacial score (nSPS) is 13.2. The fourth-order valence-corrected chi connectivity index (χ4v) is 2.65. The molecule has 5 nitrogen and oxygen atoms in total. The highest BCUT2D eigenvalue weighted by atomic mass is 32.2. The predicted octanol–water partition coefficient (Wildman–Crippen LogP) is 2.71. The lowest BCUT2D eigenvalue weighted by molar-refractivity contribution is 0.0677. The van der Waals surface area contributed by atoms with E-state index in [4.69, 9.17) is 14.0 Å². The number of ether oxygens (including phenoxy) is 2. The SMILES string of the molecule is CCCC(OCCOc1ccc(C)cc1C)S(=O)(=O)O. The summed E-state index contributed by atoms with van der Waals surface area (Å²) in [6.07, 6.45) is 0.880. The van der Waals surface area contributed by atoms with Crippen LogP contribution in [0.5, 0.6) is 5.75 Å². The zero-order chi connectivity index (χ0) is 15.2. The molecular weight excluding hydrogens is 280 g/mol. The first-order valence-corrected chi connectivity index (χ1v) is 8.13. The summed E-state index contributed by atoms with van der Waals surface area (Å²) in [7, 11) is -4.16. The molecule has 0 saturated heterocycles. The van der Waals surface area contributed by atoms with Crippen molar-refractivity contribution < 1.29 is 22.4 Å². The molecule has 1 unspecified atom stereocenters. The van der Waals surface area contributed by atoms with Crippen LogP contribution in [0.2, 0.25) is 0 Å². The molecule has 0 radical (unpaired) electrons. The first-order valence-electron chi connectivity index (χ1n) is 6.62. The van der Waals surface area contributed by atoms with Gasteiger partial charge in [-0.1, -0.05) is 31.0 Å². The van der Waals surface area contributed by atoms with Gasteiger partial charge >= 0.3 is 0 Å². The smallest absolute Gasteiger partial charge is 0.292 e. The van der Waals surface area contributed by atoms with Crippen LogP contribution in [0.3, 0.4) is 0 Å². The molecular formula is C14H22O5S. The number of rotatable bonds is 8. The van der Waals surface area contributed by atoms with Gasteiger partial charge in [0.1, 0.15) is 12.4 Å². The molecule has 1 N–H and O–H groups in total. The minimum Gasteiger partial charge on any atom is -0.491 e. The van der Waals surface area contributed by atoms with Gasteiger partial charge in [-0.15, -0.1) is 0 Å². The van der Waals surface area contributed by atoms with Crippen LogP contribution in [0.1, 0.15) is 30.9 Å². The highest BCUT2D eigenvalue weighted by Gasteiger charge is 2.22. The number of hydrogen-bond acceptors (Lipinski definition) is 4. The highest BCUT2D eigenvalue weighted by molar-refractivity contribution is 7.86. The van der Waals surface area contributed by atoms with Crippen molar-refractivity contribution >= 4 is 10.1 Å². The van der Waals surface area contributed by atoms with Gasteiger partial charge in [-0.3, -0.25) is 4.55 Å². The molecule has 0 heterocycles. The van der Waals surface area contributed by atoms with Crippen molar-refractivity contribution in [3.63, 3.8) is 0 Å². The monoisotopic (exact) mass is 302 g/mol. The molecule has 0 aliphatic carbocycles. The van der Waals surface area contributed by atoms with Gasteiger partial charge in [0, 0.05) is 0 Å². The van der Waals surface area contributed by atoms with E-state index in [9.17, 15) is 8.42 Å². The molecule has 1 aromatic rings. The third-order valence-corrected chi connectivity index (χ3v) is 3.87. The number of hydrogen-bond donors (Lipinski definition) is 1. The maximum atomic E-state index is 11.1. The Labute approximate surface area is 120 Å². The molecule has 1 aromatic carbocycles. The Balaban J connectivity index is 2.44. The molecule has 0 spiro atoms. The fraction of sp³-hybridized carbons (Fsp3) is 0.571. The molecule has 6 heteroatoms. The summed E-state index contributed by atoms with van der Waals surface area (Å²) < 4.78 is 41.8. The van der Waals surface area contributed by atoms with Gasteiger partial charge in [0.25, 0.3) is 10.1 Å². The van der Waals surface area contributed by atoms with Crippen molar-refractivity contribution in [1.82, 2.24) is 0 Å². The Morgan fingerprint density at radius 2 is 1.95 bits per heavy atom. The molecule has 0 saturated carbocycles. The van der Waals surface area contributed by atoms with E-state index in [0.717, 1.165) is 16.9 Å². The third kappa shape index (κ3) is 5.48. The average Bonchev–Trinajstić information content (AvgIpc) is 2.34. The van der Waals surface area contributed by atoms with Crippen molar-refractivity contribution in [3.05, 3.63) is 29.3 Å². The molecule has 0 amide bonds. The summed E-state index contributed by atoms with van der Waals surface area (Å²) in [5.74, 6) is 0.748. The zero-order valence-corrected chi connectivity index (χ0v) is 12.9. The standard InChI is InChI=1S/C14H22O5S/c1-4-5-14(20(15,16)17)19-9-8-18-13-7-6-11(2)10-12(13)3/h6-7,10,14H,4-5,8-9H2,1-3H3,(H,15,16,17). The first kappa shape index (κ1) is 16.9. The quantitative estimate of drug-likeness (QED) is 0.590. The number of aryl methyl sites for hydroxylation is 2. The maximum Gasteiger partial charge on any atom is 0.292 e. The second-order valence-electron chi connectivity index (χ2n) is 4.72. The summed E-state index contributed by atoms with van der Waals surface area (Å²) in [4.78, 5) is 0. The Hall–Kier alpha value is -1.11. The largest absolute Gasteiger partial charge is 0.491 e. The summed E-state index contributed by atoms with van der Waals surface area (Å²) in [6.45, 7) is 6.12. The van der Waals surface area contributed by atoms with E-state index in [1.807, 2.05) is 39.0 Å². The molecule has 0 aromatic heterocycles. The summed E-state index contributed by atoms with van der Waals surface area (Å²) in [5.41, 5.74) is 1.00. The Bertz CT molecular complexity index is 524. The summed E-state index contributed by atoms with van der Waals surface area (Å²) >= 11 is 0. The van der Waals surface area contributed by atoms with Crippen molar-refractivity contribution in [2.24, 2.45) is 0 Å². The van der Waals surface area contributed by atoms with E-state index in [1.54, 1.807) is 0 Å². The molecule has 114 valence electrons. The molecule has 1 rings (SSSR count). The van der Waals surface area contributed by atoms with Gasteiger partial charge in [-0.2, -0.15) is 8.42 Å². The predicted molar refractivity (Wildman–Crippen MR) is 77.6 cm³/mol. The molecule has 0 aliphatic heterocycles. The lowest BCUT2D eigenvalue weighted by atomic mass is 10.1. The van der Waals surface area contributed by atoms with Crippen LogP contribution in [0.25, 0.3) is 0 Å². The van der Waals surface area contributed by atoms with E-state index in [0.29, 0.717) is 6.42 Å². The van der Waals surface area contributed by atoms with Crippen LogP contribution in [0.15, 0.2) is 18.2 Å². The molecule has 0 bridgehead atoms. The minimum atomic E-state index is -4.16. The number of benzene rings is 1. The van der Waals surface area contributed by atoms with Crippen molar-refractivity contribution in [2.45, 2.75) is 39.0 Å². The molecule has 0 aliphatic rings. The van der Waals surface area contributed by atoms with Crippen molar-refractivity contribution in [3.8, 4) is 5.75 Å². The summed E-state index contributed by atoms with van der Waals surface area (Å²) in [6, 6.07) is 5.83. The van der Waals surface area contributed by atoms with Crippen LogP contribution in [0, 0.1) is 13.8 Å². The third-order valence-electron chi connectivity index (χ3n) is 2.83.